The van der Waals surface area contributed by atoms with Crippen molar-refractivity contribution in [2.45, 2.75) is 25.8 Å². The van der Waals surface area contributed by atoms with Crippen LogP contribution in [0.3, 0.4) is 0 Å². The van der Waals surface area contributed by atoms with E-state index in [9.17, 15) is 14.0 Å². The number of nitrogens with zero attached hydrogens (tertiary/aromatic N) is 2. The molecule has 2 aromatic rings. The number of rotatable bonds is 7. The van der Waals surface area contributed by atoms with Crippen molar-refractivity contribution in [2.24, 2.45) is 5.41 Å². The van der Waals surface area contributed by atoms with E-state index in [4.69, 9.17) is 0 Å². The summed E-state index contributed by atoms with van der Waals surface area (Å²) in [6.45, 7) is 0.618. The monoisotopic (exact) mass is 355 g/mol. The number of aromatic nitrogens is 1. The van der Waals surface area contributed by atoms with E-state index in [2.05, 4.69) is 10.3 Å². The summed E-state index contributed by atoms with van der Waals surface area (Å²) in [5, 5.41) is 2.72. The third-order valence-electron chi connectivity index (χ3n) is 4.82. The summed E-state index contributed by atoms with van der Waals surface area (Å²) in [6.07, 6.45) is 5.21. The van der Waals surface area contributed by atoms with Crippen LogP contribution in [-0.2, 0) is 22.6 Å². The van der Waals surface area contributed by atoms with Crippen LogP contribution in [-0.4, -0.2) is 35.3 Å². The van der Waals surface area contributed by atoms with E-state index in [1.54, 1.807) is 42.5 Å². The number of benzene rings is 1. The molecular formula is C20H22FN3O2. The second-order valence-electron chi connectivity index (χ2n) is 6.69. The summed E-state index contributed by atoms with van der Waals surface area (Å²) in [6, 6.07) is 10.1. The number of carbonyl (C=O) groups excluding carboxylic acids is 2. The lowest BCUT2D eigenvalue weighted by Gasteiger charge is -2.23. The minimum Gasteiger partial charge on any atom is -0.351 e. The molecule has 0 atom stereocenters. The van der Waals surface area contributed by atoms with Gasteiger partial charge in [0.25, 0.3) is 0 Å². The number of pyridine rings is 1. The molecule has 1 aliphatic carbocycles. The third kappa shape index (κ3) is 3.90. The first-order chi connectivity index (χ1) is 12.5. The molecule has 1 N–H and O–H groups in total. The van der Waals surface area contributed by atoms with Crippen molar-refractivity contribution in [3.05, 3.63) is 65.7 Å². The predicted molar refractivity (Wildman–Crippen MR) is 95.5 cm³/mol. The molecule has 0 radical (unpaired) electrons. The maximum Gasteiger partial charge on any atom is 0.238 e. The summed E-state index contributed by atoms with van der Waals surface area (Å²) < 4.78 is 13.7. The van der Waals surface area contributed by atoms with Crippen LogP contribution >= 0.6 is 0 Å². The van der Waals surface area contributed by atoms with Gasteiger partial charge < -0.3 is 10.2 Å². The van der Waals surface area contributed by atoms with Gasteiger partial charge in [0.2, 0.25) is 11.8 Å². The summed E-state index contributed by atoms with van der Waals surface area (Å²) >= 11 is 0. The Balaban J connectivity index is 1.56. The Labute approximate surface area is 152 Å². The topological polar surface area (TPSA) is 62.3 Å². The van der Waals surface area contributed by atoms with Gasteiger partial charge in [0.15, 0.2) is 0 Å². The van der Waals surface area contributed by atoms with E-state index in [-0.39, 0.29) is 24.2 Å². The fraction of sp³-hybridized carbons (Fsp3) is 0.350. The average molecular weight is 355 g/mol. The van der Waals surface area contributed by atoms with Crippen molar-refractivity contribution < 1.29 is 14.0 Å². The lowest BCUT2D eigenvalue weighted by atomic mass is 10.0. The van der Waals surface area contributed by atoms with Gasteiger partial charge >= 0.3 is 0 Å². The van der Waals surface area contributed by atoms with E-state index in [0.29, 0.717) is 31.4 Å². The second-order valence-corrected chi connectivity index (χ2v) is 6.69. The molecule has 1 aromatic carbocycles. The smallest absolute Gasteiger partial charge is 0.238 e. The van der Waals surface area contributed by atoms with Gasteiger partial charge in [-0.2, -0.15) is 0 Å². The zero-order chi connectivity index (χ0) is 18.6. The van der Waals surface area contributed by atoms with Crippen molar-refractivity contribution in [2.75, 3.05) is 13.6 Å². The normalized spacial score (nSPS) is 14.5. The molecule has 1 fully saturated rings. The van der Waals surface area contributed by atoms with Crippen molar-refractivity contribution in [3.8, 4) is 0 Å². The summed E-state index contributed by atoms with van der Waals surface area (Å²) in [4.78, 5) is 30.9. The van der Waals surface area contributed by atoms with E-state index >= 15 is 0 Å². The Morgan fingerprint density at radius 3 is 2.54 bits per heavy atom. The number of amides is 2. The van der Waals surface area contributed by atoms with Crippen molar-refractivity contribution in [3.63, 3.8) is 0 Å². The molecule has 0 bridgehead atoms. The molecule has 0 spiro atoms. The summed E-state index contributed by atoms with van der Waals surface area (Å²) in [5.74, 6) is -0.849. The molecular weight excluding hydrogens is 333 g/mol. The quantitative estimate of drug-likeness (QED) is 0.776. The molecule has 1 saturated carbocycles. The van der Waals surface area contributed by atoms with E-state index < -0.39 is 5.41 Å². The SMILES string of the molecule is CN(CCc1ccncc1)C(=O)C1(C(=O)NCc2ccccc2F)CC1. The highest BCUT2D eigenvalue weighted by Gasteiger charge is 2.57. The lowest BCUT2D eigenvalue weighted by molar-refractivity contribution is -0.143. The summed E-state index contributed by atoms with van der Waals surface area (Å²) in [5.41, 5.74) is 0.516. The Morgan fingerprint density at radius 2 is 1.88 bits per heavy atom. The van der Waals surface area contributed by atoms with Gasteiger partial charge in [-0.25, -0.2) is 4.39 Å². The first-order valence-corrected chi connectivity index (χ1v) is 8.69. The third-order valence-corrected chi connectivity index (χ3v) is 4.82. The van der Waals surface area contributed by atoms with Crippen molar-refractivity contribution in [1.82, 2.24) is 15.2 Å². The molecule has 2 amide bonds. The van der Waals surface area contributed by atoms with Crippen LogP contribution < -0.4 is 5.32 Å². The maximum absolute atomic E-state index is 13.7. The highest BCUT2D eigenvalue weighted by Crippen LogP contribution is 2.47. The molecule has 0 unspecified atom stereocenters. The molecule has 3 rings (SSSR count). The number of likely N-dealkylation sites (N-methyl/N-ethyl adjacent to an activating group) is 1. The number of nitrogens with one attached hydrogen (secondary N) is 1. The van der Waals surface area contributed by atoms with Crippen LogP contribution in [0.2, 0.25) is 0 Å². The van der Waals surface area contributed by atoms with Crippen molar-refractivity contribution >= 4 is 11.8 Å². The standard InChI is InChI=1S/C20H22FN3O2/c1-24(13-8-15-6-11-22-12-7-15)19(26)20(9-10-20)18(25)23-14-16-4-2-3-5-17(16)21/h2-7,11-12H,8-10,13-14H2,1H3,(H,23,25). The predicted octanol–water partition coefficient (Wildman–Crippen LogP) is 2.32. The van der Waals surface area contributed by atoms with Gasteiger partial charge in [-0.15, -0.1) is 0 Å². The lowest BCUT2D eigenvalue weighted by Crippen LogP contribution is -2.44. The number of carbonyl (C=O) groups is 2. The molecule has 1 aliphatic rings. The highest BCUT2D eigenvalue weighted by molar-refractivity contribution is 6.07. The summed E-state index contributed by atoms with van der Waals surface area (Å²) in [7, 11) is 1.72. The fourth-order valence-electron chi connectivity index (χ4n) is 2.96. The molecule has 0 aliphatic heterocycles. The van der Waals surface area contributed by atoms with Gasteiger partial charge in [-0.3, -0.25) is 14.6 Å². The zero-order valence-electron chi connectivity index (χ0n) is 14.7. The largest absolute Gasteiger partial charge is 0.351 e. The Hall–Kier alpha value is -2.76. The van der Waals surface area contributed by atoms with Gasteiger partial charge in [0.05, 0.1) is 0 Å². The van der Waals surface area contributed by atoms with Crippen LogP contribution in [0.1, 0.15) is 24.0 Å². The van der Waals surface area contributed by atoms with E-state index in [1.165, 1.54) is 6.07 Å². The maximum atomic E-state index is 13.7. The fourth-order valence-corrected chi connectivity index (χ4v) is 2.96. The molecule has 1 heterocycles. The van der Waals surface area contributed by atoms with Gasteiger partial charge in [0.1, 0.15) is 11.2 Å². The highest BCUT2D eigenvalue weighted by atomic mass is 19.1. The van der Waals surface area contributed by atoms with Crippen molar-refractivity contribution in [1.29, 1.82) is 0 Å². The minimum atomic E-state index is -0.988. The second kappa shape index (κ2) is 7.64. The van der Waals surface area contributed by atoms with Crippen LogP contribution in [0, 0.1) is 11.2 Å². The van der Waals surface area contributed by atoms with Crippen LogP contribution in [0.4, 0.5) is 4.39 Å². The number of hydrogen-bond acceptors (Lipinski definition) is 3. The Bertz CT molecular complexity index is 791. The van der Waals surface area contributed by atoms with Crippen LogP contribution in [0.15, 0.2) is 48.8 Å². The minimum absolute atomic E-state index is 0.0846. The van der Waals surface area contributed by atoms with E-state index in [0.717, 1.165) is 5.56 Å². The van der Waals surface area contributed by atoms with Gasteiger partial charge in [0, 0.05) is 38.1 Å². The van der Waals surface area contributed by atoms with Crippen LogP contribution in [0.25, 0.3) is 0 Å². The van der Waals surface area contributed by atoms with Gasteiger partial charge in [-0.05, 0) is 43.0 Å². The zero-order valence-corrected chi connectivity index (χ0v) is 14.7. The van der Waals surface area contributed by atoms with Gasteiger partial charge in [-0.1, -0.05) is 18.2 Å². The Morgan fingerprint density at radius 1 is 1.19 bits per heavy atom. The molecule has 6 heteroatoms. The first kappa shape index (κ1) is 18.0. The molecule has 136 valence electrons. The van der Waals surface area contributed by atoms with Crippen LogP contribution in [0.5, 0.6) is 0 Å². The average Bonchev–Trinajstić information content (AvgIpc) is 3.47. The number of hydrogen-bond donors (Lipinski definition) is 1. The molecule has 1 aromatic heterocycles. The molecule has 26 heavy (non-hydrogen) atoms. The number of halogens is 1. The molecule has 0 saturated heterocycles. The Kier molecular flexibility index (Phi) is 5.30. The molecule has 5 nitrogen and oxygen atoms in total. The van der Waals surface area contributed by atoms with E-state index in [1.807, 2.05) is 12.1 Å². The first-order valence-electron chi connectivity index (χ1n) is 8.69.